The second-order valence-electron chi connectivity index (χ2n) is 3.41. The minimum Gasteiger partial charge on any atom is -0.491 e. The molecule has 0 saturated carbocycles. The normalized spacial score (nSPS) is 10.3. The molecule has 0 aliphatic heterocycles. The second kappa shape index (κ2) is 5.32. The van der Waals surface area contributed by atoms with Gasteiger partial charge in [0.05, 0.1) is 6.61 Å². The van der Waals surface area contributed by atoms with Crippen molar-refractivity contribution < 1.29 is 4.74 Å². The Labute approximate surface area is 94.6 Å². The smallest absolute Gasteiger partial charge is 0.144 e. The number of aromatic nitrogens is 2. The average Bonchev–Trinajstić information content (AvgIpc) is 2.83. The lowest BCUT2D eigenvalue weighted by Gasteiger charge is -2.10. The van der Waals surface area contributed by atoms with Gasteiger partial charge in [-0.05, 0) is 31.2 Å². The summed E-state index contributed by atoms with van der Waals surface area (Å²) in [6.07, 6.45) is 4.50. The fourth-order valence-corrected chi connectivity index (χ4v) is 1.45. The van der Waals surface area contributed by atoms with Gasteiger partial charge in [0.2, 0.25) is 0 Å². The van der Waals surface area contributed by atoms with Gasteiger partial charge in [-0.1, -0.05) is 12.1 Å². The number of ether oxygens (including phenoxy) is 1. The molecule has 0 saturated heterocycles. The van der Waals surface area contributed by atoms with E-state index in [9.17, 15) is 0 Å². The maximum Gasteiger partial charge on any atom is 0.144 e. The molecule has 84 valence electrons. The van der Waals surface area contributed by atoms with Gasteiger partial charge in [0.1, 0.15) is 11.4 Å². The van der Waals surface area contributed by atoms with Crippen LogP contribution in [0.25, 0.3) is 5.69 Å². The lowest BCUT2D eigenvalue weighted by molar-refractivity contribution is 0.312. The molecule has 16 heavy (non-hydrogen) atoms. The summed E-state index contributed by atoms with van der Waals surface area (Å²) in [6, 6.07) is 9.71. The Kier molecular flexibility index (Phi) is 3.56. The number of nitrogens with two attached hydrogens (primary N) is 1. The van der Waals surface area contributed by atoms with Crippen molar-refractivity contribution >= 4 is 0 Å². The summed E-state index contributed by atoms with van der Waals surface area (Å²) in [6.45, 7) is 1.28. The zero-order chi connectivity index (χ0) is 11.2. The summed E-state index contributed by atoms with van der Waals surface area (Å²) >= 11 is 0. The van der Waals surface area contributed by atoms with Crippen LogP contribution in [0.5, 0.6) is 5.75 Å². The molecule has 2 aromatic rings. The van der Waals surface area contributed by atoms with Crippen molar-refractivity contribution in [2.75, 3.05) is 13.2 Å². The molecular weight excluding hydrogens is 202 g/mol. The maximum atomic E-state index is 5.66. The van der Waals surface area contributed by atoms with E-state index < -0.39 is 0 Å². The van der Waals surface area contributed by atoms with Gasteiger partial charge in [-0.25, -0.2) is 4.68 Å². The lowest BCUT2D eigenvalue weighted by atomic mass is 10.3. The molecule has 0 aliphatic carbocycles. The van der Waals surface area contributed by atoms with Crippen LogP contribution in [0.3, 0.4) is 0 Å². The van der Waals surface area contributed by atoms with Crippen LogP contribution in [-0.4, -0.2) is 22.9 Å². The number of para-hydroxylation sites is 2. The maximum absolute atomic E-state index is 5.66. The third kappa shape index (κ3) is 2.41. The van der Waals surface area contributed by atoms with Crippen LogP contribution >= 0.6 is 0 Å². The first kappa shape index (κ1) is 10.7. The fourth-order valence-electron chi connectivity index (χ4n) is 1.45. The lowest BCUT2D eigenvalue weighted by Crippen LogP contribution is -2.07. The van der Waals surface area contributed by atoms with Gasteiger partial charge in [-0.2, -0.15) is 5.10 Å². The molecule has 1 heterocycles. The molecule has 1 aromatic carbocycles. The first-order chi connectivity index (χ1) is 7.92. The number of hydrogen-bond donors (Lipinski definition) is 1. The zero-order valence-electron chi connectivity index (χ0n) is 9.04. The Morgan fingerprint density at radius 1 is 1.25 bits per heavy atom. The SMILES string of the molecule is NCCCOc1ccccc1-n1cccn1. The van der Waals surface area contributed by atoms with Crippen molar-refractivity contribution in [3.63, 3.8) is 0 Å². The monoisotopic (exact) mass is 217 g/mol. The van der Waals surface area contributed by atoms with Gasteiger partial charge in [-0.15, -0.1) is 0 Å². The molecule has 2 rings (SSSR count). The van der Waals surface area contributed by atoms with E-state index in [4.69, 9.17) is 10.5 Å². The molecule has 0 spiro atoms. The average molecular weight is 217 g/mol. The molecule has 1 aromatic heterocycles. The summed E-state index contributed by atoms with van der Waals surface area (Å²) in [5.41, 5.74) is 6.38. The van der Waals surface area contributed by atoms with E-state index >= 15 is 0 Å². The standard InChI is InChI=1S/C12H15N3O/c13-7-3-10-16-12-6-2-1-5-11(12)15-9-4-8-14-15/h1-2,4-6,8-9H,3,7,10,13H2. The van der Waals surface area contributed by atoms with Crippen molar-refractivity contribution in [3.05, 3.63) is 42.7 Å². The summed E-state index contributed by atoms with van der Waals surface area (Å²) in [5, 5.41) is 4.19. The summed E-state index contributed by atoms with van der Waals surface area (Å²) in [5.74, 6) is 0.833. The van der Waals surface area contributed by atoms with Crippen molar-refractivity contribution in [3.8, 4) is 11.4 Å². The van der Waals surface area contributed by atoms with Gasteiger partial charge in [0, 0.05) is 12.4 Å². The van der Waals surface area contributed by atoms with Gasteiger partial charge < -0.3 is 10.5 Å². The molecule has 0 aliphatic rings. The minimum absolute atomic E-state index is 0.634. The molecule has 0 radical (unpaired) electrons. The van der Waals surface area contributed by atoms with Crippen LogP contribution in [0.4, 0.5) is 0 Å². The largest absolute Gasteiger partial charge is 0.491 e. The van der Waals surface area contributed by atoms with Crippen molar-refractivity contribution in [2.45, 2.75) is 6.42 Å². The molecule has 0 unspecified atom stereocenters. The molecule has 0 bridgehead atoms. The Balaban J connectivity index is 2.18. The Morgan fingerprint density at radius 2 is 2.12 bits per heavy atom. The van der Waals surface area contributed by atoms with Crippen LogP contribution in [-0.2, 0) is 0 Å². The van der Waals surface area contributed by atoms with Gasteiger partial charge in [-0.3, -0.25) is 0 Å². The molecule has 0 amide bonds. The second-order valence-corrected chi connectivity index (χ2v) is 3.41. The minimum atomic E-state index is 0.634. The third-order valence-corrected chi connectivity index (χ3v) is 2.22. The van der Waals surface area contributed by atoms with Crippen LogP contribution in [0.1, 0.15) is 6.42 Å². The Bertz CT molecular complexity index is 426. The fraction of sp³-hybridized carbons (Fsp3) is 0.250. The Hall–Kier alpha value is -1.81. The highest BCUT2D eigenvalue weighted by Gasteiger charge is 2.04. The molecule has 4 heteroatoms. The highest BCUT2D eigenvalue weighted by Crippen LogP contribution is 2.21. The third-order valence-electron chi connectivity index (χ3n) is 2.22. The quantitative estimate of drug-likeness (QED) is 0.774. The summed E-state index contributed by atoms with van der Waals surface area (Å²) in [4.78, 5) is 0. The van der Waals surface area contributed by atoms with Crippen molar-refractivity contribution in [2.24, 2.45) is 5.73 Å². The molecule has 4 nitrogen and oxygen atoms in total. The van der Waals surface area contributed by atoms with Crippen LogP contribution in [0.15, 0.2) is 42.7 Å². The van der Waals surface area contributed by atoms with Crippen LogP contribution in [0, 0.1) is 0 Å². The number of benzene rings is 1. The van der Waals surface area contributed by atoms with Gasteiger partial charge >= 0.3 is 0 Å². The predicted octanol–water partition coefficient (Wildman–Crippen LogP) is 1.60. The topological polar surface area (TPSA) is 53.1 Å². The molecule has 0 fully saturated rings. The highest BCUT2D eigenvalue weighted by molar-refractivity contribution is 5.45. The molecular formula is C12H15N3O. The summed E-state index contributed by atoms with van der Waals surface area (Å²) < 4.78 is 7.45. The van der Waals surface area contributed by atoms with E-state index in [-0.39, 0.29) is 0 Å². The first-order valence-corrected chi connectivity index (χ1v) is 5.34. The highest BCUT2D eigenvalue weighted by atomic mass is 16.5. The first-order valence-electron chi connectivity index (χ1n) is 5.34. The van der Waals surface area contributed by atoms with E-state index in [2.05, 4.69) is 5.10 Å². The van der Waals surface area contributed by atoms with E-state index in [1.54, 1.807) is 10.9 Å². The van der Waals surface area contributed by atoms with Crippen LogP contribution in [0.2, 0.25) is 0 Å². The van der Waals surface area contributed by atoms with Gasteiger partial charge in [0.25, 0.3) is 0 Å². The van der Waals surface area contributed by atoms with E-state index in [0.717, 1.165) is 17.9 Å². The number of nitrogens with zero attached hydrogens (tertiary/aromatic N) is 2. The van der Waals surface area contributed by atoms with Crippen LogP contribution < -0.4 is 10.5 Å². The molecule has 2 N–H and O–H groups in total. The van der Waals surface area contributed by atoms with E-state index in [1.807, 2.05) is 36.5 Å². The molecule has 0 atom stereocenters. The van der Waals surface area contributed by atoms with Crippen molar-refractivity contribution in [1.29, 1.82) is 0 Å². The van der Waals surface area contributed by atoms with Gasteiger partial charge in [0.15, 0.2) is 0 Å². The van der Waals surface area contributed by atoms with E-state index in [1.165, 1.54) is 0 Å². The number of rotatable bonds is 5. The number of hydrogen-bond acceptors (Lipinski definition) is 3. The zero-order valence-corrected chi connectivity index (χ0v) is 9.04. The Morgan fingerprint density at radius 3 is 2.88 bits per heavy atom. The summed E-state index contributed by atoms with van der Waals surface area (Å²) in [7, 11) is 0. The van der Waals surface area contributed by atoms with E-state index in [0.29, 0.717) is 13.2 Å². The van der Waals surface area contributed by atoms with Crippen molar-refractivity contribution in [1.82, 2.24) is 9.78 Å². The predicted molar refractivity (Wildman–Crippen MR) is 62.7 cm³/mol.